The molecule has 1 saturated carbocycles. The second-order valence-electron chi connectivity index (χ2n) is 7.26. The van der Waals surface area contributed by atoms with Gasteiger partial charge in [-0.3, -0.25) is 9.88 Å². The maximum absolute atomic E-state index is 6.15. The van der Waals surface area contributed by atoms with E-state index in [0.717, 1.165) is 30.6 Å². The number of methoxy groups -OCH3 is 1. The Morgan fingerprint density at radius 1 is 1.20 bits per heavy atom. The van der Waals surface area contributed by atoms with Gasteiger partial charge in [0.15, 0.2) is 0 Å². The molecule has 2 aromatic rings. The standard InChI is InChI=1S/C21H26N2O2/c1-15-12-22-9-8-17(15)13-23-18-7-6-16(10-18)21(23)14-25-20-5-3-4-19(11-20)24-2/h3-5,8-9,11-12,16,18,21H,6-7,10,13-14H2,1-2H3/t16?,18?,21-/m1/s1. The van der Waals surface area contributed by atoms with Crippen LogP contribution in [0.4, 0.5) is 0 Å². The number of aryl methyl sites for hydroxylation is 1. The van der Waals surface area contributed by atoms with Crippen molar-refractivity contribution >= 4 is 0 Å². The zero-order chi connectivity index (χ0) is 17.2. The van der Waals surface area contributed by atoms with E-state index in [0.29, 0.717) is 12.1 Å². The Labute approximate surface area is 149 Å². The Morgan fingerprint density at radius 3 is 2.92 bits per heavy atom. The molecule has 4 nitrogen and oxygen atoms in total. The number of ether oxygens (including phenoxy) is 2. The number of rotatable bonds is 6. The van der Waals surface area contributed by atoms with Crippen molar-refractivity contribution in [2.45, 2.75) is 44.8 Å². The first-order valence-corrected chi connectivity index (χ1v) is 9.16. The van der Waals surface area contributed by atoms with Gasteiger partial charge in [0.05, 0.1) is 7.11 Å². The van der Waals surface area contributed by atoms with Crippen LogP contribution in [0.1, 0.15) is 30.4 Å². The van der Waals surface area contributed by atoms with Gasteiger partial charge in [-0.1, -0.05) is 6.07 Å². The van der Waals surface area contributed by atoms with Gasteiger partial charge >= 0.3 is 0 Å². The molecule has 1 aromatic heterocycles. The van der Waals surface area contributed by atoms with Crippen LogP contribution >= 0.6 is 0 Å². The third-order valence-electron chi connectivity index (χ3n) is 5.84. The molecule has 4 rings (SSSR count). The molecule has 132 valence electrons. The second kappa shape index (κ2) is 7.04. The van der Waals surface area contributed by atoms with Crippen LogP contribution in [-0.4, -0.2) is 35.7 Å². The van der Waals surface area contributed by atoms with Crippen molar-refractivity contribution < 1.29 is 9.47 Å². The van der Waals surface area contributed by atoms with Crippen molar-refractivity contribution in [3.8, 4) is 11.5 Å². The summed E-state index contributed by atoms with van der Waals surface area (Å²) in [5, 5.41) is 0. The predicted molar refractivity (Wildman–Crippen MR) is 97.9 cm³/mol. The lowest BCUT2D eigenvalue weighted by Crippen LogP contribution is -2.43. The molecule has 0 N–H and O–H groups in total. The minimum absolute atomic E-state index is 0.498. The Kier molecular flexibility index (Phi) is 4.62. The van der Waals surface area contributed by atoms with Crippen LogP contribution in [0.3, 0.4) is 0 Å². The lowest BCUT2D eigenvalue weighted by molar-refractivity contribution is 0.0865. The zero-order valence-corrected chi connectivity index (χ0v) is 15.0. The van der Waals surface area contributed by atoms with Gasteiger partial charge in [-0.05, 0) is 61.4 Å². The summed E-state index contributed by atoms with van der Waals surface area (Å²) in [4.78, 5) is 6.89. The minimum Gasteiger partial charge on any atom is -0.497 e. The molecule has 2 unspecified atom stereocenters. The van der Waals surface area contributed by atoms with Gasteiger partial charge in [0.25, 0.3) is 0 Å². The number of pyridine rings is 1. The van der Waals surface area contributed by atoms with Crippen molar-refractivity contribution in [2.24, 2.45) is 5.92 Å². The van der Waals surface area contributed by atoms with Crippen LogP contribution < -0.4 is 9.47 Å². The highest BCUT2D eigenvalue weighted by Crippen LogP contribution is 2.43. The fourth-order valence-corrected chi connectivity index (χ4v) is 4.41. The molecule has 2 bridgehead atoms. The van der Waals surface area contributed by atoms with Gasteiger partial charge in [-0.15, -0.1) is 0 Å². The molecule has 0 amide bonds. The summed E-state index contributed by atoms with van der Waals surface area (Å²) in [6, 6.07) is 11.3. The molecule has 0 radical (unpaired) electrons. The molecule has 1 aliphatic carbocycles. The first kappa shape index (κ1) is 16.4. The Balaban J connectivity index is 1.46. The van der Waals surface area contributed by atoms with E-state index in [1.807, 2.05) is 36.7 Å². The number of nitrogens with zero attached hydrogens (tertiary/aromatic N) is 2. The molecule has 4 heteroatoms. The highest BCUT2D eigenvalue weighted by atomic mass is 16.5. The maximum atomic E-state index is 6.15. The monoisotopic (exact) mass is 338 g/mol. The van der Waals surface area contributed by atoms with Crippen LogP contribution in [0.15, 0.2) is 42.7 Å². The normalized spacial score (nSPS) is 25.3. The van der Waals surface area contributed by atoms with Crippen LogP contribution in [0.25, 0.3) is 0 Å². The van der Waals surface area contributed by atoms with E-state index in [1.165, 1.54) is 30.4 Å². The SMILES string of the molecule is COc1cccc(OC[C@@H]2C3CCC(C3)N2Cc2ccncc2C)c1. The number of fused-ring (bicyclic) bond motifs is 2. The van der Waals surface area contributed by atoms with Gasteiger partial charge in [0.1, 0.15) is 18.1 Å². The summed E-state index contributed by atoms with van der Waals surface area (Å²) in [6.45, 7) is 3.90. The quantitative estimate of drug-likeness (QED) is 0.802. The lowest BCUT2D eigenvalue weighted by atomic mass is 9.98. The molecule has 2 aliphatic rings. The highest BCUT2D eigenvalue weighted by Gasteiger charge is 2.45. The second-order valence-corrected chi connectivity index (χ2v) is 7.26. The largest absolute Gasteiger partial charge is 0.497 e. The van der Waals surface area contributed by atoms with E-state index < -0.39 is 0 Å². The summed E-state index contributed by atoms with van der Waals surface area (Å²) < 4.78 is 11.4. The minimum atomic E-state index is 0.498. The predicted octanol–water partition coefficient (Wildman–Crippen LogP) is 3.83. The van der Waals surface area contributed by atoms with Crippen molar-refractivity contribution in [1.82, 2.24) is 9.88 Å². The van der Waals surface area contributed by atoms with E-state index in [9.17, 15) is 0 Å². The summed E-state index contributed by atoms with van der Waals surface area (Å²) >= 11 is 0. The first-order chi connectivity index (χ1) is 12.2. The number of benzene rings is 1. The van der Waals surface area contributed by atoms with Crippen molar-refractivity contribution in [3.05, 3.63) is 53.9 Å². The molecule has 1 aliphatic heterocycles. The van der Waals surface area contributed by atoms with Gasteiger partial charge in [-0.25, -0.2) is 0 Å². The molecule has 2 fully saturated rings. The molecule has 0 spiro atoms. The highest BCUT2D eigenvalue weighted by molar-refractivity contribution is 5.33. The molecule has 1 aromatic carbocycles. The van der Waals surface area contributed by atoms with E-state index in [2.05, 4.69) is 22.9 Å². The van der Waals surface area contributed by atoms with E-state index in [-0.39, 0.29) is 0 Å². The molecule has 2 heterocycles. The topological polar surface area (TPSA) is 34.6 Å². The summed E-state index contributed by atoms with van der Waals surface area (Å²) in [7, 11) is 1.69. The average Bonchev–Trinajstić information content (AvgIpc) is 3.24. The van der Waals surface area contributed by atoms with Crippen molar-refractivity contribution in [3.63, 3.8) is 0 Å². The molecule has 25 heavy (non-hydrogen) atoms. The van der Waals surface area contributed by atoms with Crippen molar-refractivity contribution in [1.29, 1.82) is 0 Å². The van der Waals surface area contributed by atoms with Gasteiger partial charge in [0.2, 0.25) is 0 Å². The fraction of sp³-hybridized carbons (Fsp3) is 0.476. The molecular weight excluding hydrogens is 312 g/mol. The number of hydrogen-bond acceptors (Lipinski definition) is 4. The van der Waals surface area contributed by atoms with Gasteiger partial charge in [0, 0.05) is 37.1 Å². The Hall–Kier alpha value is -2.07. The van der Waals surface area contributed by atoms with E-state index in [4.69, 9.17) is 9.47 Å². The van der Waals surface area contributed by atoms with Gasteiger partial charge < -0.3 is 9.47 Å². The maximum Gasteiger partial charge on any atom is 0.123 e. The third-order valence-corrected chi connectivity index (χ3v) is 5.84. The molecule has 1 saturated heterocycles. The molecule has 3 atom stereocenters. The Bertz CT molecular complexity index is 733. The van der Waals surface area contributed by atoms with E-state index >= 15 is 0 Å². The zero-order valence-electron chi connectivity index (χ0n) is 15.0. The van der Waals surface area contributed by atoms with Crippen molar-refractivity contribution in [2.75, 3.05) is 13.7 Å². The van der Waals surface area contributed by atoms with Crippen LogP contribution in [0.5, 0.6) is 11.5 Å². The fourth-order valence-electron chi connectivity index (χ4n) is 4.41. The van der Waals surface area contributed by atoms with Crippen LogP contribution in [0, 0.1) is 12.8 Å². The Morgan fingerprint density at radius 2 is 2.08 bits per heavy atom. The number of piperidine rings is 1. The summed E-state index contributed by atoms with van der Waals surface area (Å²) in [5.74, 6) is 2.50. The summed E-state index contributed by atoms with van der Waals surface area (Å²) in [5.41, 5.74) is 2.66. The van der Waals surface area contributed by atoms with Crippen LogP contribution in [0.2, 0.25) is 0 Å². The third kappa shape index (κ3) is 3.36. The first-order valence-electron chi connectivity index (χ1n) is 9.16. The lowest BCUT2D eigenvalue weighted by Gasteiger charge is -2.35. The molecular formula is C21H26N2O2. The van der Waals surface area contributed by atoms with Gasteiger partial charge in [-0.2, -0.15) is 0 Å². The van der Waals surface area contributed by atoms with E-state index in [1.54, 1.807) is 7.11 Å². The van der Waals surface area contributed by atoms with Crippen LogP contribution in [-0.2, 0) is 6.54 Å². The number of hydrogen-bond donors (Lipinski definition) is 0. The summed E-state index contributed by atoms with van der Waals surface area (Å²) in [6.07, 6.45) is 7.84. The number of aromatic nitrogens is 1. The average molecular weight is 338 g/mol. The number of likely N-dealkylation sites (tertiary alicyclic amines) is 1. The smallest absolute Gasteiger partial charge is 0.123 e.